The third-order valence-electron chi connectivity index (χ3n) is 5.51. The molecular formula is C17H30N2O14. The van der Waals surface area contributed by atoms with Gasteiger partial charge in [0.05, 0.1) is 24.9 Å². The number of hydrogen-bond acceptors (Lipinski definition) is 14. The summed E-state index contributed by atoms with van der Waals surface area (Å²) < 4.78 is 15.6. The lowest BCUT2D eigenvalue weighted by molar-refractivity contribution is -0.334. The number of nitrogens with two attached hydrogens (primary N) is 1. The van der Waals surface area contributed by atoms with Crippen molar-refractivity contribution in [3.63, 3.8) is 0 Å². The first-order valence-electron chi connectivity index (χ1n) is 9.95. The second kappa shape index (κ2) is 11.3. The molecule has 0 spiro atoms. The quantitative estimate of drug-likeness (QED) is 0.144. The highest BCUT2D eigenvalue weighted by Gasteiger charge is 2.56. The SMILES string of the molecule is NC[C@@H](O)[C@@H](O)[C@@H]1O[C@@](OC[C@H]2O[C@@H](O)[C@H](O)[C@@H](O)[C@H]2O)(C(=O)O)C[C@H](O)[C@@H]1NC(=O)CO. The van der Waals surface area contributed by atoms with Crippen LogP contribution in [-0.2, 0) is 23.8 Å². The Labute approximate surface area is 186 Å². The van der Waals surface area contributed by atoms with Crippen LogP contribution in [0.4, 0.5) is 0 Å². The van der Waals surface area contributed by atoms with Gasteiger partial charge in [0.2, 0.25) is 5.91 Å². The molecule has 0 aromatic carbocycles. The van der Waals surface area contributed by atoms with Crippen molar-refractivity contribution in [2.45, 2.75) is 73.4 Å². The van der Waals surface area contributed by atoms with E-state index in [1.807, 2.05) is 0 Å². The normalized spacial score (nSPS) is 41.2. The molecule has 16 heteroatoms. The number of rotatable bonds is 9. The number of aliphatic carboxylic acids is 1. The smallest absolute Gasteiger partial charge is 0.364 e. The standard InChI is InChI=1S/C17H30N2O14/c18-2-6(22)10(24)14-9(19-8(23)3-20)5(21)1-17(33-14,16(29)30)31-4-7-11(25)12(26)13(27)15(28)32-7/h5-7,9-15,20-22,24-28H,1-4,18H2,(H,19,23)(H,29,30)/t5-,6+,7+,9-,10+,11-,12-,13+,14+,15+,17+/m0/s1. The average Bonchev–Trinajstić information content (AvgIpc) is 2.79. The number of hydrogen-bond donors (Lipinski definition) is 11. The van der Waals surface area contributed by atoms with E-state index in [1.54, 1.807) is 0 Å². The molecule has 1 amide bonds. The van der Waals surface area contributed by atoms with Gasteiger partial charge in [0.25, 0.3) is 5.79 Å². The van der Waals surface area contributed by atoms with Crippen molar-refractivity contribution in [1.29, 1.82) is 0 Å². The number of carbonyl (C=O) groups is 2. The van der Waals surface area contributed by atoms with Crippen molar-refractivity contribution in [3.05, 3.63) is 0 Å². The lowest BCUT2D eigenvalue weighted by Crippen LogP contribution is -2.68. The summed E-state index contributed by atoms with van der Waals surface area (Å²) in [6, 6.07) is -1.49. The lowest BCUT2D eigenvalue weighted by Gasteiger charge is -2.47. The van der Waals surface area contributed by atoms with Crippen LogP contribution >= 0.6 is 0 Å². The summed E-state index contributed by atoms with van der Waals surface area (Å²) in [4.78, 5) is 23.7. The van der Waals surface area contributed by atoms with E-state index in [4.69, 9.17) is 25.1 Å². The van der Waals surface area contributed by atoms with Gasteiger partial charge in [-0.15, -0.1) is 0 Å². The number of amides is 1. The molecule has 11 atom stereocenters. The van der Waals surface area contributed by atoms with Crippen LogP contribution in [0.15, 0.2) is 0 Å². The van der Waals surface area contributed by atoms with Crippen molar-refractivity contribution < 1.29 is 69.8 Å². The third-order valence-corrected chi connectivity index (χ3v) is 5.51. The second-order valence-electron chi connectivity index (χ2n) is 7.80. The average molecular weight is 486 g/mol. The predicted octanol–water partition coefficient (Wildman–Crippen LogP) is -7.11. The molecule has 0 saturated carbocycles. The molecule has 0 unspecified atom stereocenters. The first kappa shape index (κ1) is 27.7. The monoisotopic (exact) mass is 486 g/mol. The van der Waals surface area contributed by atoms with Crippen LogP contribution in [0.2, 0.25) is 0 Å². The summed E-state index contributed by atoms with van der Waals surface area (Å²) in [7, 11) is 0. The van der Waals surface area contributed by atoms with Crippen molar-refractivity contribution in [2.24, 2.45) is 5.73 Å². The Hall–Kier alpha value is -1.54. The fraction of sp³-hybridized carbons (Fsp3) is 0.882. The molecule has 0 aromatic rings. The Morgan fingerprint density at radius 3 is 2.30 bits per heavy atom. The minimum Gasteiger partial charge on any atom is -0.477 e. The highest BCUT2D eigenvalue weighted by atomic mass is 16.7. The molecule has 0 aliphatic carbocycles. The van der Waals surface area contributed by atoms with E-state index in [0.29, 0.717) is 0 Å². The van der Waals surface area contributed by atoms with Gasteiger partial charge in [-0.1, -0.05) is 0 Å². The summed E-state index contributed by atoms with van der Waals surface area (Å²) >= 11 is 0. The number of carbonyl (C=O) groups excluding carboxylic acids is 1. The van der Waals surface area contributed by atoms with E-state index in [9.17, 15) is 50.4 Å². The van der Waals surface area contributed by atoms with Crippen molar-refractivity contribution in [2.75, 3.05) is 19.8 Å². The molecule has 0 bridgehead atoms. The molecule has 2 fully saturated rings. The van der Waals surface area contributed by atoms with Gasteiger partial charge in [-0.25, -0.2) is 4.79 Å². The summed E-state index contributed by atoms with van der Waals surface area (Å²) in [5.41, 5.74) is 5.31. The first-order valence-corrected chi connectivity index (χ1v) is 9.95. The number of nitrogens with one attached hydrogen (secondary N) is 1. The summed E-state index contributed by atoms with van der Waals surface area (Å²) in [5, 5.41) is 90.7. The van der Waals surface area contributed by atoms with Gasteiger partial charge in [0.1, 0.15) is 43.2 Å². The molecule has 12 N–H and O–H groups in total. The van der Waals surface area contributed by atoms with Crippen molar-refractivity contribution in [3.8, 4) is 0 Å². The Bertz CT molecular complexity index is 684. The van der Waals surface area contributed by atoms with E-state index >= 15 is 0 Å². The van der Waals surface area contributed by atoms with Crippen LogP contribution in [0, 0.1) is 0 Å². The summed E-state index contributed by atoms with van der Waals surface area (Å²) in [6.45, 7) is -2.34. The zero-order chi connectivity index (χ0) is 25.1. The van der Waals surface area contributed by atoms with Gasteiger partial charge < -0.3 is 71.2 Å². The third kappa shape index (κ3) is 5.94. The van der Waals surface area contributed by atoms with Crippen LogP contribution in [0.1, 0.15) is 6.42 Å². The van der Waals surface area contributed by atoms with Crippen LogP contribution in [0.3, 0.4) is 0 Å². The van der Waals surface area contributed by atoms with Crippen LogP contribution < -0.4 is 11.1 Å². The molecule has 2 aliphatic rings. The van der Waals surface area contributed by atoms with E-state index < -0.39 is 105 Å². The minimum atomic E-state index is -2.71. The zero-order valence-electron chi connectivity index (χ0n) is 17.2. The predicted molar refractivity (Wildman–Crippen MR) is 101 cm³/mol. The lowest BCUT2D eigenvalue weighted by atomic mass is 9.88. The molecule has 0 radical (unpaired) electrons. The fourth-order valence-electron chi connectivity index (χ4n) is 3.59. The highest BCUT2D eigenvalue weighted by Crippen LogP contribution is 2.34. The number of carboxylic acid groups (broad SMARTS) is 1. The molecule has 2 rings (SSSR count). The van der Waals surface area contributed by atoms with Crippen LogP contribution in [-0.4, -0.2) is 145 Å². The van der Waals surface area contributed by atoms with Gasteiger partial charge in [0, 0.05) is 13.0 Å². The zero-order valence-corrected chi connectivity index (χ0v) is 17.2. The maximum absolute atomic E-state index is 12.1. The molecular weight excluding hydrogens is 456 g/mol. The Morgan fingerprint density at radius 2 is 1.76 bits per heavy atom. The van der Waals surface area contributed by atoms with Gasteiger partial charge in [-0.3, -0.25) is 4.79 Å². The maximum Gasteiger partial charge on any atom is 0.364 e. The molecule has 2 aliphatic heterocycles. The van der Waals surface area contributed by atoms with E-state index in [1.165, 1.54) is 0 Å². The molecule has 2 heterocycles. The fourth-order valence-corrected chi connectivity index (χ4v) is 3.59. The number of aliphatic hydroxyl groups excluding tert-OH is 8. The first-order chi connectivity index (χ1) is 15.4. The second-order valence-corrected chi connectivity index (χ2v) is 7.80. The molecule has 192 valence electrons. The van der Waals surface area contributed by atoms with E-state index in [-0.39, 0.29) is 0 Å². The van der Waals surface area contributed by atoms with Gasteiger partial charge >= 0.3 is 5.97 Å². The van der Waals surface area contributed by atoms with Gasteiger partial charge in [0.15, 0.2) is 6.29 Å². The Morgan fingerprint density at radius 1 is 1.12 bits per heavy atom. The summed E-state index contributed by atoms with van der Waals surface area (Å²) in [5.74, 6) is -5.51. The van der Waals surface area contributed by atoms with Crippen molar-refractivity contribution >= 4 is 11.9 Å². The van der Waals surface area contributed by atoms with Crippen LogP contribution in [0.5, 0.6) is 0 Å². The maximum atomic E-state index is 12.1. The Kier molecular flexibility index (Phi) is 9.45. The highest BCUT2D eigenvalue weighted by molar-refractivity contribution is 5.78. The largest absolute Gasteiger partial charge is 0.477 e. The topological polar surface area (TPSA) is 282 Å². The van der Waals surface area contributed by atoms with E-state index in [0.717, 1.165) is 0 Å². The number of carboxylic acids is 1. The van der Waals surface area contributed by atoms with Crippen molar-refractivity contribution in [1.82, 2.24) is 5.32 Å². The van der Waals surface area contributed by atoms with E-state index in [2.05, 4.69) is 5.32 Å². The Balaban J connectivity index is 2.28. The number of aliphatic hydroxyl groups is 8. The van der Waals surface area contributed by atoms with Gasteiger partial charge in [-0.05, 0) is 0 Å². The summed E-state index contributed by atoms with van der Waals surface area (Å²) in [6.07, 6.45) is -16.9. The molecule has 16 nitrogen and oxygen atoms in total. The van der Waals surface area contributed by atoms with Gasteiger partial charge in [-0.2, -0.15) is 0 Å². The molecule has 33 heavy (non-hydrogen) atoms. The van der Waals surface area contributed by atoms with Crippen LogP contribution in [0.25, 0.3) is 0 Å². The number of ether oxygens (including phenoxy) is 3. The molecule has 0 aromatic heterocycles. The minimum absolute atomic E-state index is 0.501. The molecule has 2 saturated heterocycles.